The first-order valence-electron chi connectivity index (χ1n) is 8.08. The average Bonchev–Trinajstić information content (AvgIpc) is 3.02. The van der Waals surface area contributed by atoms with E-state index in [0.717, 1.165) is 36.0 Å². The van der Waals surface area contributed by atoms with Crippen LogP contribution in [0.15, 0.2) is 48.7 Å². The fourth-order valence-electron chi connectivity index (χ4n) is 3.49. The van der Waals surface area contributed by atoms with Crippen LogP contribution in [0.3, 0.4) is 0 Å². The van der Waals surface area contributed by atoms with Crippen molar-refractivity contribution in [3.8, 4) is 0 Å². The van der Waals surface area contributed by atoms with E-state index in [-0.39, 0.29) is 12.0 Å². The number of aromatic nitrogens is 4. The Morgan fingerprint density at radius 1 is 1.09 bits per heavy atom. The minimum absolute atomic E-state index is 0.0799. The third-order valence-corrected chi connectivity index (χ3v) is 4.61. The molecule has 0 saturated heterocycles. The Balaban J connectivity index is 1.86. The molecule has 0 amide bonds. The van der Waals surface area contributed by atoms with Crippen molar-refractivity contribution in [1.82, 2.24) is 20.0 Å². The molecule has 5 nitrogen and oxygen atoms in total. The molecule has 1 saturated carbocycles. The van der Waals surface area contributed by atoms with E-state index < -0.39 is 0 Å². The maximum absolute atomic E-state index is 12.6. The Morgan fingerprint density at radius 3 is 2.78 bits per heavy atom. The molecule has 1 aliphatic rings. The lowest BCUT2D eigenvalue weighted by molar-refractivity contribution is -0.125. The lowest BCUT2D eigenvalue weighted by Crippen LogP contribution is -2.31. The van der Waals surface area contributed by atoms with Crippen molar-refractivity contribution in [3.05, 3.63) is 54.4 Å². The quantitative estimate of drug-likeness (QED) is 0.745. The number of carbonyl (C=O) groups excluding carboxylic acids is 1. The summed E-state index contributed by atoms with van der Waals surface area (Å²) < 4.78 is 1.88. The van der Waals surface area contributed by atoms with Gasteiger partial charge in [-0.3, -0.25) is 9.78 Å². The summed E-state index contributed by atoms with van der Waals surface area (Å²) in [6.45, 7) is 0. The molecule has 2 heterocycles. The number of benzene rings is 1. The summed E-state index contributed by atoms with van der Waals surface area (Å²) >= 11 is 0. The highest BCUT2D eigenvalue weighted by Crippen LogP contribution is 2.35. The fraction of sp³-hybridized carbons (Fsp3) is 0.333. The summed E-state index contributed by atoms with van der Waals surface area (Å²) in [5.41, 5.74) is 2.67. The molecule has 0 radical (unpaired) electrons. The predicted octanol–water partition coefficient (Wildman–Crippen LogP) is 3.18. The second-order valence-corrected chi connectivity index (χ2v) is 6.04. The second-order valence-electron chi connectivity index (χ2n) is 6.04. The molecule has 4 rings (SSSR count). The highest BCUT2D eigenvalue weighted by atomic mass is 16.1. The van der Waals surface area contributed by atoms with Crippen molar-refractivity contribution >= 4 is 16.8 Å². The zero-order valence-corrected chi connectivity index (χ0v) is 12.8. The van der Waals surface area contributed by atoms with Crippen LogP contribution in [0.5, 0.6) is 0 Å². The molecule has 2 atom stereocenters. The largest absolute Gasteiger partial charge is 0.299 e. The van der Waals surface area contributed by atoms with Gasteiger partial charge in [0.1, 0.15) is 17.3 Å². The molecule has 1 aromatic carbocycles. The topological polar surface area (TPSA) is 60.7 Å². The summed E-state index contributed by atoms with van der Waals surface area (Å²) in [6.07, 6.45) is 5.37. The van der Waals surface area contributed by atoms with Gasteiger partial charge in [0.2, 0.25) is 0 Å². The van der Waals surface area contributed by atoms with Gasteiger partial charge < -0.3 is 0 Å². The third-order valence-electron chi connectivity index (χ3n) is 4.61. The van der Waals surface area contributed by atoms with Gasteiger partial charge in [0.25, 0.3) is 0 Å². The van der Waals surface area contributed by atoms with Gasteiger partial charge in [-0.2, -0.15) is 0 Å². The third kappa shape index (κ3) is 2.52. The number of Topliss-reactive ketones (excluding diaryl/α,β-unsaturated/α-hetero) is 1. The number of fused-ring (bicyclic) bond motifs is 1. The minimum Gasteiger partial charge on any atom is -0.299 e. The van der Waals surface area contributed by atoms with Crippen molar-refractivity contribution in [2.24, 2.45) is 5.92 Å². The fourth-order valence-corrected chi connectivity index (χ4v) is 3.49. The maximum atomic E-state index is 12.6. The van der Waals surface area contributed by atoms with E-state index in [4.69, 9.17) is 0 Å². The van der Waals surface area contributed by atoms with E-state index >= 15 is 0 Å². The van der Waals surface area contributed by atoms with Gasteiger partial charge in [0.15, 0.2) is 0 Å². The Hall–Kier alpha value is -2.56. The second kappa shape index (κ2) is 5.91. The number of para-hydroxylation sites is 1. The molecular weight excluding hydrogens is 288 g/mol. The van der Waals surface area contributed by atoms with E-state index in [1.54, 1.807) is 6.20 Å². The molecule has 5 heteroatoms. The van der Waals surface area contributed by atoms with Crippen LogP contribution in [0.25, 0.3) is 11.0 Å². The number of carbonyl (C=O) groups is 1. The van der Waals surface area contributed by atoms with Gasteiger partial charge in [0.05, 0.1) is 11.2 Å². The number of hydrogen-bond acceptors (Lipinski definition) is 4. The van der Waals surface area contributed by atoms with Crippen molar-refractivity contribution < 1.29 is 4.79 Å². The Bertz CT molecular complexity index is 827. The van der Waals surface area contributed by atoms with Crippen LogP contribution in [-0.2, 0) is 4.79 Å². The smallest absolute Gasteiger partial charge is 0.138 e. The maximum Gasteiger partial charge on any atom is 0.138 e. The van der Waals surface area contributed by atoms with Gasteiger partial charge in [-0.1, -0.05) is 29.8 Å². The van der Waals surface area contributed by atoms with Crippen LogP contribution in [0, 0.1) is 5.92 Å². The van der Waals surface area contributed by atoms with E-state index in [1.165, 1.54) is 0 Å². The summed E-state index contributed by atoms with van der Waals surface area (Å²) in [5.74, 6) is 0.232. The number of rotatable bonds is 3. The lowest BCUT2D eigenvalue weighted by atomic mass is 9.81. The molecule has 0 N–H and O–H groups in total. The molecule has 0 aliphatic heterocycles. The first kappa shape index (κ1) is 14.1. The van der Waals surface area contributed by atoms with Crippen LogP contribution in [0.4, 0.5) is 0 Å². The standard InChI is InChI=1S/C18H18N4O/c23-17-11-4-1-7-13(17)18(15-9-5-6-12-19-15)22-16-10-3-2-8-14(16)20-21-22/h2-3,5-6,8-10,12-13,18H,1,4,7,11H2. The van der Waals surface area contributed by atoms with Crippen LogP contribution >= 0.6 is 0 Å². The summed E-state index contributed by atoms with van der Waals surface area (Å²) in [7, 11) is 0. The highest BCUT2D eigenvalue weighted by molar-refractivity contribution is 5.83. The number of nitrogens with zero attached hydrogens (tertiary/aromatic N) is 4. The molecule has 0 bridgehead atoms. The summed E-state index contributed by atoms with van der Waals surface area (Å²) in [5, 5.41) is 8.61. The van der Waals surface area contributed by atoms with Crippen LogP contribution < -0.4 is 0 Å². The van der Waals surface area contributed by atoms with Crippen molar-refractivity contribution in [2.45, 2.75) is 31.7 Å². The van der Waals surface area contributed by atoms with E-state index in [0.29, 0.717) is 12.2 Å². The van der Waals surface area contributed by atoms with Crippen LogP contribution in [0.2, 0.25) is 0 Å². The van der Waals surface area contributed by atoms with Crippen LogP contribution in [-0.4, -0.2) is 25.8 Å². The molecule has 3 aromatic rings. The van der Waals surface area contributed by atoms with E-state index in [9.17, 15) is 4.79 Å². The Kier molecular flexibility index (Phi) is 3.61. The highest BCUT2D eigenvalue weighted by Gasteiger charge is 2.34. The van der Waals surface area contributed by atoms with E-state index in [1.807, 2.05) is 47.1 Å². The Morgan fingerprint density at radius 2 is 1.96 bits per heavy atom. The van der Waals surface area contributed by atoms with Gasteiger partial charge in [-0.05, 0) is 37.1 Å². The zero-order valence-electron chi connectivity index (χ0n) is 12.8. The molecule has 1 fully saturated rings. The SMILES string of the molecule is O=C1CCCCC1C(c1ccccn1)n1nnc2ccccc21. The molecule has 1 aliphatic carbocycles. The first-order valence-corrected chi connectivity index (χ1v) is 8.08. The van der Waals surface area contributed by atoms with E-state index in [2.05, 4.69) is 15.3 Å². The summed E-state index contributed by atoms with van der Waals surface area (Å²) in [6, 6.07) is 13.5. The predicted molar refractivity (Wildman–Crippen MR) is 86.9 cm³/mol. The molecular formula is C18H18N4O. The summed E-state index contributed by atoms with van der Waals surface area (Å²) in [4.78, 5) is 17.1. The molecule has 2 unspecified atom stereocenters. The molecule has 23 heavy (non-hydrogen) atoms. The monoisotopic (exact) mass is 306 g/mol. The zero-order chi connectivity index (χ0) is 15.6. The first-order chi connectivity index (χ1) is 11.3. The van der Waals surface area contributed by atoms with Crippen molar-refractivity contribution in [2.75, 3.05) is 0 Å². The van der Waals surface area contributed by atoms with Gasteiger partial charge in [-0.15, -0.1) is 5.10 Å². The number of hydrogen-bond donors (Lipinski definition) is 0. The van der Waals surface area contributed by atoms with Gasteiger partial charge in [0, 0.05) is 18.5 Å². The number of pyridine rings is 1. The Labute approximate surface area is 134 Å². The van der Waals surface area contributed by atoms with Crippen molar-refractivity contribution in [3.63, 3.8) is 0 Å². The molecule has 116 valence electrons. The van der Waals surface area contributed by atoms with Crippen LogP contribution in [0.1, 0.15) is 37.4 Å². The number of ketones is 1. The van der Waals surface area contributed by atoms with Gasteiger partial charge >= 0.3 is 0 Å². The molecule has 2 aromatic heterocycles. The average molecular weight is 306 g/mol. The molecule has 0 spiro atoms. The van der Waals surface area contributed by atoms with Gasteiger partial charge in [-0.25, -0.2) is 4.68 Å². The lowest BCUT2D eigenvalue weighted by Gasteiger charge is -2.29. The minimum atomic E-state index is -0.184. The van der Waals surface area contributed by atoms with Crippen molar-refractivity contribution in [1.29, 1.82) is 0 Å². The normalized spacial score (nSPS) is 19.8.